The Morgan fingerprint density at radius 3 is 1.67 bits per heavy atom. The molecule has 0 unspecified atom stereocenters. The Bertz CT molecular complexity index is 376. The Labute approximate surface area is 151 Å². The van der Waals surface area contributed by atoms with E-state index in [1.54, 1.807) is 0 Å². The van der Waals surface area contributed by atoms with E-state index in [1.807, 2.05) is 0 Å². The average Bonchev–Trinajstić information content (AvgIpc) is 2.62. The SMILES string of the molecule is CCCCCCCC/C=C\CCCCCCCCc1ccccc1. The number of benzene rings is 1. The van der Waals surface area contributed by atoms with Gasteiger partial charge in [0.15, 0.2) is 0 Å². The molecule has 0 saturated heterocycles. The topological polar surface area (TPSA) is 0 Å². The lowest BCUT2D eigenvalue weighted by atomic mass is 10.0. The number of hydrogen-bond donors (Lipinski definition) is 0. The molecule has 0 aromatic heterocycles. The Balaban J connectivity index is 1.76. The van der Waals surface area contributed by atoms with Crippen molar-refractivity contribution in [3.05, 3.63) is 48.0 Å². The van der Waals surface area contributed by atoms with E-state index in [2.05, 4.69) is 49.4 Å². The van der Waals surface area contributed by atoms with Gasteiger partial charge in [0.05, 0.1) is 0 Å². The van der Waals surface area contributed by atoms with Crippen molar-refractivity contribution in [2.24, 2.45) is 0 Å². The van der Waals surface area contributed by atoms with Gasteiger partial charge >= 0.3 is 0 Å². The summed E-state index contributed by atoms with van der Waals surface area (Å²) in [6.07, 6.45) is 25.5. The van der Waals surface area contributed by atoms with Gasteiger partial charge in [-0.05, 0) is 44.1 Å². The summed E-state index contributed by atoms with van der Waals surface area (Å²) in [5.74, 6) is 0. The minimum absolute atomic E-state index is 1.25. The van der Waals surface area contributed by atoms with E-state index < -0.39 is 0 Å². The molecule has 0 radical (unpaired) electrons. The normalized spacial score (nSPS) is 11.4. The highest BCUT2D eigenvalue weighted by Crippen LogP contribution is 2.11. The molecule has 0 saturated carbocycles. The van der Waals surface area contributed by atoms with E-state index in [9.17, 15) is 0 Å². The lowest BCUT2D eigenvalue weighted by Crippen LogP contribution is -1.85. The average molecular weight is 329 g/mol. The second kappa shape index (κ2) is 16.8. The molecule has 0 bridgehead atoms. The molecular weight excluding hydrogens is 288 g/mol. The zero-order chi connectivity index (χ0) is 17.1. The molecule has 0 atom stereocenters. The lowest BCUT2D eigenvalue weighted by Gasteiger charge is -2.02. The minimum atomic E-state index is 1.25. The number of allylic oxidation sites excluding steroid dienone is 2. The molecule has 136 valence electrons. The van der Waals surface area contributed by atoms with Crippen molar-refractivity contribution < 1.29 is 0 Å². The molecule has 0 spiro atoms. The summed E-state index contributed by atoms with van der Waals surface area (Å²) in [6, 6.07) is 10.9. The molecule has 1 rings (SSSR count). The molecule has 0 aliphatic rings. The fraction of sp³-hybridized carbons (Fsp3) is 0.667. The molecule has 0 fully saturated rings. The van der Waals surface area contributed by atoms with Crippen LogP contribution in [0.5, 0.6) is 0 Å². The summed E-state index contributed by atoms with van der Waals surface area (Å²) in [4.78, 5) is 0. The van der Waals surface area contributed by atoms with Gasteiger partial charge in [0.25, 0.3) is 0 Å². The Morgan fingerprint density at radius 1 is 0.583 bits per heavy atom. The molecule has 1 aromatic carbocycles. The smallest absolute Gasteiger partial charge is 0.0279 e. The molecule has 0 heterocycles. The molecule has 0 heteroatoms. The predicted molar refractivity (Wildman–Crippen MR) is 110 cm³/mol. The zero-order valence-corrected chi connectivity index (χ0v) is 16.1. The van der Waals surface area contributed by atoms with Crippen molar-refractivity contribution in [3.8, 4) is 0 Å². The third kappa shape index (κ3) is 13.4. The van der Waals surface area contributed by atoms with Gasteiger partial charge in [0, 0.05) is 0 Å². The van der Waals surface area contributed by atoms with E-state index in [4.69, 9.17) is 0 Å². The molecule has 24 heavy (non-hydrogen) atoms. The van der Waals surface area contributed by atoms with Gasteiger partial charge in [-0.2, -0.15) is 0 Å². The molecule has 0 nitrogen and oxygen atoms in total. The molecule has 0 aliphatic carbocycles. The van der Waals surface area contributed by atoms with Crippen LogP contribution in [0.2, 0.25) is 0 Å². The van der Waals surface area contributed by atoms with E-state index in [0.717, 1.165) is 0 Å². The fourth-order valence-corrected chi connectivity index (χ4v) is 3.22. The molecule has 0 amide bonds. The van der Waals surface area contributed by atoms with Gasteiger partial charge in [0.1, 0.15) is 0 Å². The van der Waals surface area contributed by atoms with Gasteiger partial charge in [-0.15, -0.1) is 0 Å². The van der Waals surface area contributed by atoms with Gasteiger partial charge in [-0.3, -0.25) is 0 Å². The van der Waals surface area contributed by atoms with E-state index in [1.165, 1.54) is 102 Å². The first-order valence-electron chi connectivity index (χ1n) is 10.6. The highest BCUT2D eigenvalue weighted by molar-refractivity contribution is 5.14. The van der Waals surface area contributed by atoms with Crippen molar-refractivity contribution in [1.29, 1.82) is 0 Å². The number of hydrogen-bond acceptors (Lipinski definition) is 0. The second-order valence-corrected chi connectivity index (χ2v) is 7.17. The summed E-state index contributed by atoms with van der Waals surface area (Å²) < 4.78 is 0. The lowest BCUT2D eigenvalue weighted by molar-refractivity contribution is 0.595. The summed E-state index contributed by atoms with van der Waals surface area (Å²) in [5.41, 5.74) is 1.49. The van der Waals surface area contributed by atoms with Crippen LogP contribution in [-0.2, 0) is 6.42 Å². The van der Waals surface area contributed by atoms with Crippen molar-refractivity contribution in [3.63, 3.8) is 0 Å². The van der Waals surface area contributed by atoms with Gasteiger partial charge in [-0.25, -0.2) is 0 Å². The Morgan fingerprint density at radius 2 is 1.08 bits per heavy atom. The first kappa shape index (κ1) is 21.0. The van der Waals surface area contributed by atoms with Crippen LogP contribution in [0.25, 0.3) is 0 Å². The first-order chi connectivity index (χ1) is 11.9. The highest BCUT2D eigenvalue weighted by Gasteiger charge is 1.93. The third-order valence-electron chi connectivity index (χ3n) is 4.82. The monoisotopic (exact) mass is 328 g/mol. The Hall–Kier alpha value is -1.04. The van der Waals surface area contributed by atoms with Crippen molar-refractivity contribution >= 4 is 0 Å². The van der Waals surface area contributed by atoms with Crippen LogP contribution in [0.15, 0.2) is 42.5 Å². The summed E-state index contributed by atoms with van der Waals surface area (Å²) in [5, 5.41) is 0. The van der Waals surface area contributed by atoms with E-state index >= 15 is 0 Å². The van der Waals surface area contributed by atoms with Crippen LogP contribution in [0.4, 0.5) is 0 Å². The predicted octanol–water partition coefficient (Wildman–Crippen LogP) is 8.27. The van der Waals surface area contributed by atoms with Crippen LogP contribution in [0.1, 0.15) is 102 Å². The maximum atomic E-state index is 2.42. The van der Waals surface area contributed by atoms with Crippen LogP contribution in [0, 0.1) is 0 Å². The Kier molecular flexibility index (Phi) is 14.7. The highest BCUT2D eigenvalue weighted by atomic mass is 14.0. The van der Waals surface area contributed by atoms with Crippen LogP contribution >= 0.6 is 0 Å². The fourth-order valence-electron chi connectivity index (χ4n) is 3.22. The van der Waals surface area contributed by atoms with Gasteiger partial charge < -0.3 is 0 Å². The second-order valence-electron chi connectivity index (χ2n) is 7.17. The van der Waals surface area contributed by atoms with E-state index in [0.29, 0.717) is 0 Å². The molecule has 1 aromatic rings. The van der Waals surface area contributed by atoms with Crippen molar-refractivity contribution in [1.82, 2.24) is 0 Å². The first-order valence-corrected chi connectivity index (χ1v) is 10.6. The molecule has 0 aliphatic heterocycles. The summed E-state index contributed by atoms with van der Waals surface area (Å²) in [7, 11) is 0. The zero-order valence-electron chi connectivity index (χ0n) is 16.1. The number of unbranched alkanes of at least 4 members (excludes halogenated alkanes) is 12. The maximum absolute atomic E-state index is 2.42. The van der Waals surface area contributed by atoms with Crippen LogP contribution in [-0.4, -0.2) is 0 Å². The van der Waals surface area contributed by atoms with Gasteiger partial charge in [-0.1, -0.05) is 107 Å². The summed E-state index contributed by atoms with van der Waals surface area (Å²) in [6.45, 7) is 2.29. The van der Waals surface area contributed by atoms with Crippen LogP contribution < -0.4 is 0 Å². The number of rotatable bonds is 16. The van der Waals surface area contributed by atoms with Crippen molar-refractivity contribution in [2.45, 2.75) is 103 Å². The van der Waals surface area contributed by atoms with E-state index in [-0.39, 0.29) is 0 Å². The molecular formula is C24H40. The third-order valence-corrected chi connectivity index (χ3v) is 4.82. The minimum Gasteiger partial charge on any atom is -0.0885 e. The number of aryl methyl sites for hydroxylation is 1. The molecule has 0 N–H and O–H groups in total. The van der Waals surface area contributed by atoms with Crippen molar-refractivity contribution in [2.75, 3.05) is 0 Å². The standard InChI is InChI=1S/C24H40/c1-2-3-4-5-6-7-8-9-10-11-12-13-14-15-16-18-21-24-22-19-17-20-23-24/h9-10,17,19-20,22-23H,2-8,11-16,18,21H2,1H3/b10-9-. The van der Waals surface area contributed by atoms with Crippen LogP contribution in [0.3, 0.4) is 0 Å². The van der Waals surface area contributed by atoms with Gasteiger partial charge in [0.2, 0.25) is 0 Å². The quantitative estimate of drug-likeness (QED) is 0.211. The maximum Gasteiger partial charge on any atom is -0.0279 e. The largest absolute Gasteiger partial charge is 0.0885 e. The summed E-state index contributed by atoms with van der Waals surface area (Å²) >= 11 is 0.